The summed E-state index contributed by atoms with van der Waals surface area (Å²) in [5.74, 6) is 1.95. The monoisotopic (exact) mass is 297 g/mol. The Kier molecular flexibility index (Phi) is 5.75. The first kappa shape index (κ1) is 15.7. The molecule has 20 heavy (non-hydrogen) atoms. The summed E-state index contributed by atoms with van der Waals surface area (Å²) in [4.78, 5) is 19.0. The first-order valence-corrected chi connectivity index (χ1v) is 8.80. The lowest BCUT2D eigenvalue weighted by Crippen LogP contribution is -2.47. The van der Waals surface area contributed by atoms with Crippen LogP contribution in [0.1, 0.15) is 46.5 Å². The molecule has 0 bridgehead atoms. The van der Waals surface area contributed by atoms with Crippen molar-refractivity contribution in [3.05, 3.63) is 0 Å². The maximum Gasteiger partial charge on any atom is 0.244 e. The molecule has 2 unspecified atom stereocenters. The number of carbonyl (C=O) groups excluding carboxylic acids is 1. The van der Waals surface area contributed by atoms with E-state index in [1.807, 2.05) is 11.8 Å². The minimum absolute atomic E-state index is 0.155. The highest BCUT2D eigenvalue weighted by atomic mass is 32.2. The van der Waals surface area contributed by atoms with E-state index in [-0.39, 0.29) is 11.9 Å². The van der Waals surface area contributed by atoms with Gasteiger partial charge in [-0.05, 0) is 38.5 Å². The standard InChI is InChI=1S/C15H27N3OS/c1-11(2)9-13-10-20-15(17-13)16-12(3)14(19)18-7-5-4-6-8-18/h11-13H,4-10H2,1-3H3,(H,16,17). The van der Waals surface area contributed by atoms with Gasteiger partial charge < -0.3 is 10.2 Å². The maximum atomic E-state index is 12.3. The van der Waals surface area contributed by atoms with Gasteiger partial charge in [0.25, 0.3) is 0 Å². The molecule has 2 atom stereocenters. The van der Waals surface area contributed by atoms with Gasteiger partial charge in [0.15, 0.2) is 5.17 Å². The fourth-order valence-electron chi connectivity index (χ4n) is 2.79. The Balaban J connectivity index is 1.81. The molecule has 0 aromatic carbocycles. The van der Waals surface area contributed by atoms with Crippen LogP contribution in [0.5, 0.6) is 0 Å². The highest BCUT2D eigenvalue weighted by Crippen LogP contribution is 2.22. The van der Waals surface area contributed by atoms with Crippen LogP contribution >= 0.6 is 11.8 Å². The Hall–Kier alpha value is -0.710. The van der Waals surface area contributed by atoms with Crippen molar-refractivity contribution in [2.24, 2.45) is 10.9 Å². The van der Waals surface area contributed by atoms with Crippen molar-refractivity contribution in [1.29, 1.82) is 0 Å². The van der Waals surface area contributed by atoms with Gasteiger partial charge >= 0.3 is 0 Å². The number of likely N-dealkylation sites (tertiary alicyclic amines) is 1. The number of hydrogen-bond donors (Lipinski definition) is 1. The van der Waals surface area contributed by atoms with Gasteiger partial charge in [0, 0.05) is 18.8 Å². The minimum Gasteiger partial charge on any atom is -0.353 e. The quantitative estimate of drug-likeness (QED) is 0.867. The predicted molar refractivity (Wildman–Crippen MR) is 86.2 cm³/mol. The third-order valence-electron chi connectivity index (χ3n) is 3.83. The van der Waals surface area contributed by atoms with Crippen molar-refractivity contribution in [2.45, 2.75) is 58.5 Å². The van der Waals surface area contributed by atoms with Crippen LogP contribution in [0.2, 0.25) is 0 Å². The molecular weight excluding hydrogens is 270 g/mol. The van der Waals surface area contributed by atoms with Gasteiger partial charge in [-0.15, -0.1) is 0 Å². The van der Waals surface area contributed by atoms with E-state index in [4.69, 9.17) is 4.99 Å². The van der Waals surface area contributed by atoms with Crippen LogP contribution < -0.4 is 5.32 Å². The summed E-state index contributed by atoms with van der Waals surface area (Å²) >= 11 is 1.75. The zero-order valence-corrected chi connectivity index (χ0v) is 13.7. The molecule has 0 aliphatic carbocycles. The van der Waals surface area contributed by atoms with Crippen LogP contribution in [0.4, 0.5) is 0 Å². The smallest absolute Gasteiger partial charge is 0.244 e. The van der Waals surface area contributed by atoms with Gasteiger partial charge in [-0.25, -0.2) is 0 Å². The van der Waals surface area contributed by atoms with Crippen molar-refractivity contribution in [2.75, 3.05) is 18.8 Å². The number of piperidine rings is 1. The molecule has 1 fully saturated rings. The van der Waals surface area contributed by atoms with Gasteiger partial charge in [-0.3, -0.25) is 9.79 Å². The number of thioether (sulfide) groups is 1. The predicted octanol–water partition coefficient (Wildman–Crippen LogP) is 2.49. The van der Waals surface area contributed by atoms with E-state index in [0.29, 0.717) is 12.0 Å². The summed E-state index contributed by atoms with van der Waals surface area (Å²) in [6, 6.07) is 0.261. The Morgan fingerprint density at radius 2 is 2.05 bits per heavy atom. The van der Waals surface area contributed by atoms with Crippen LogP contribution in [0.25, 0.3) is 0 Å². The molecule has 1 N–H and O–H groups in total. The Labute approximate surface area is 126 Å². The maximum absolute atomic E-state index is 12.3. The van der Waals surface area contributed by atoms with Crippen molar-refractivity contribution in [3.63, 3.8) is 0 Å². The van der Waals surface area contributed by atoms with E-state index in [0.717, 1.165) is 43.3 Å². The molecule has 0 spiro atoms. The lowest BCUT2D eigenvalue weighted by Gasteiger charge is -2.29. The number of aliphatic imine (C=N–C) groups is 1. The molecule has 2 heterocycles. The van der Waals surface area contributed by atoms with Crippen molar-refractivity contribution >= 4 is 22.8 Å². The van der Waals surface area contributed by atoms with Gasteiger partial charge in [-0.2, -0.15) is 0 Å². The SMILES string of the molecule is CC(C)CC1CSC(NC(C)C(=O)N2CCCCC2)=N1. The van der Waals surface area contributed by atoms with Gasteiger partial charge in [0.2, 0.25) is 5.91 Å². The Bertz CT molecular complexity index is 364. The topological polar surface area (TPSA) is 44.7 Å². The first-order valence-electron chi connectivity index (χ1n) is 7.82. The van der Waals surface area contributed by atoms with Crippen LogP contribution in [-0.4, -0.2) is 46.9 Å². The van der Waals surface area contributed by atoms with Gasteiger partial charge in [0.05, 0.1) is 6.04 Å². The summed E-state index contributed by atoms with van der Waals surface area (Å²) in [5.41, 5.74) is 0. The summed E-state index contributed by atoms with van der Waals surface area (Å²) in [6.45, 7) is 8.25. The second kappa shape index (κ2) is 7.34. The Morgan fingerprint density at radius 1 is 1.35 bits per heavy atom. The molecular formula is C15H27N3OS. The third kappa shape index (κ3) is 4.40. The van der Waals surface area contributed by atoms with E-state index in [2.05, 4.69) is 19.2 Å². The third-order valence-corrected chi connectivity index (χ3v) is 4.88. The molecule has 114 valence electrons. The van der Waals surface area contributed by atoms with E-state index in [1.165, 1.54) is 6.42 Å². The summed E-state index contributed by atoms with van der Waals surface area (Å²) in [5, 5.41) is 4.25. The fourth-order valence-corrected chi connectivity index (χ4v) is 3.84. The summed E-state index contributed by atoms with van der Waals surface area (Å²) < 4.78 is 0. The van der Waals surface area contributed by atoms with E-state index in [9.17, 15) is 4.79 Å². The lowest BCUT2D eigenvalue weighted by atomic mass is 10.1. The van der Waals surface area contributed by atoms with Crippen molar-refractivity contribution < 1.29 is 4.79 Å². The molecule has 2 rings (SSSR count). The second-order valence-electron chi connectivity index (χ2n) is 6.28. The van der Waals surface area contributed by atoms with Crippen LogP contribution in [-0.2, 0) is 4.79 Å². The van der Waals surface area contributed by atoms with Crippen LogP contribution in [0.15, 0.2) is 4.99 Å². The van der Waals surface area contributed by atoms with E-state index >= 15 is 0 Å². The zero-order chi connectivity index (χ0) is 14.5. The number of amidine groups is 1. The van der Waals surface area contributed by atoms with Crippen LogP contribution in [0, 0.1) is 5.92 Å². The second-order valence-corrected chi connectivity index (χ2v) is 7.29. The molecule has 5 heteroatoms. The molecule has 0 radical (unpaired) electrons. The number of rotatable bonds is 4. The number of hydrogen-bond acceptors (Lipinski definition) is 4. The highest BCUT2D eigenvalue weighted by molar-refractivity contribution is 8.14. The van der Waals surface area contributed by atoms with Crippen molar-refractivity contribution in [1.82, 2.24) is 10.2 Å². The largest absolute Gasteiger partial charge is 0.353 e. The molecule has 2 aliphatic rings. The molecule has 0 aromatic heterocycles. The summed E-state index contributed by atoms with van der Waals surface area (Å²) in [6.07, 6.45) is 4.67. The number of carbonyl (C=O) groups is 1. The molecule has 2 aliphatic heterocycles. The molecule has 1 amide bonds. The average Bonchev–Trinajstić information content (AvgIpc) is 2.85. The van der Waals surface area contributed by atoms with Gasteiger partial charge in [0.1, 0.15) is 6.04 Å². The first-order chi connectivity index (χ1) is 9.56. The minimum atomic E-state index is -0.155. The van der Waals surface area contributed by atoms with E-state index < -0.39 is 0 Å². The normalized spacial score (nSPS) is 24.7. The number of amides is 1. The average molecular weight is 297 g/mol. The molecule has 0 saturated carbocycles. The van der Waals surface area contributed by atoms with Gasteiger partial charge in [-0.1, -0.05) is 25.6 Å². The zero-order valence-electron chi connectivity index (χ0n) is 12.9. The van der Waals surface area contributed by atoms with Crippen LogP contribution in [0.3, 0.4) is 0 Å². The lowest BCUT2D eigenvalue weighted by molar-refractivity contribution is -0.133. The Morgan fingerprint density at radius 3 is 2.70 bits per heavy atom. The van der Waals surface area contributed by atoms with Crippen molar-refractivity contribution in [3.8, 4) is 0 Å². The molecule has 1 saturated heterocycles. The molecule has 4 nitrogen and oxygen atoms in total. The summed E-state index contributed by atoms with van der Waals surface area (Å²) in [7, 11) is 0. The molecule has 0 aromatic rings. The fraction of sp³-hybridized carbons (Fsp3) is 0.867. The number of nitrogens with one attached hydrogen (secondary N) is 1. The van der Waals surface area contributed by atoms with E-state index in [1.54, 1.807) is 11.8 Å². The number of nitrogens with zero attached hydrogens (tertiary/aromatic N) is 2. The highest BCUT2D eigenvalue weighted by Gasteiger charge is 2.25.